The van der Waals surface area contributed by atoms with Gasteiger partial charge >= 0.3 is 0 Å². The zero-order chi connectivity index (χ0) is 15.7. The molecule has 2 rings (SSSR count). The van der Waals surface area contributed by atoms with Gasteiger partial charge in [0.2, 0.25) is 0 Å². The third-order valence-corrected chi connectivity index (χ3v) is 2.99. The van der Waals surface area contributed by atoms with Crippen molar-refractivity contribution in [2.24, 2.45) is 0 Å². The maximum atomic E-state index is 10.9. The zero-order valence-corrected chi connectivity index (χ0v) is 14.7. The summed E-state index contributed by atoms with van der Waals surface area (Å²) in [6, 6.07) is 17.0. The molecule has 0 saturated carbocycles. The first-order chi connectivity index (χ1) is 10.0. The maximum Gasteiger partial charge on any atom is 0.159 e. The number of hydrogen-bond acceptors (Lipinski definition) is 1. The molecule has 3 heteroatoms. The summed E-state index contributed by atoms with van der Waals surface area (Å²) in [6.07, 6.45) is 7.02. The predicted octanol–water partition coefficient (Wildman–Crippen LogP) is 5.65. The number of Topliss-reactive ketones (excluding diaryl/α,β-unsaturated/α-hetero) is 1. The fraction of sp³-hybridized carbons (Fsp3) is 0.0556. The molecule has 0 aliphatic carbocycles. The maximum absolute atomic E-state index is 10.9. The van der Waals surface area contributed by atoms with Gasteiger partial charge in [0.05, 0.1) is 3.39 Å². The number of carbonyl (C=O) groups excluding carboxylic acids is 1. The summed E-state index contributed by atoms with van der Waals surface area (Å²) in [7, 11) is 0. The smallest absolute Gasteiger partial charge is 0.159 e. The van der Waals surface area contributed by atoms with Gasteiger partial charge in [0.1, 0.15) is 0 Å². The van der Waals surface area contributed by atoms with Crippen LogP contribution in [0.25, 0.3) is 6.08 Å². The van der Waals surface area contributed by atoms with E-state index >= 15 is 0 Å². The average Bonchev–Trinajstić information content (AvgIpc) is 2.48. The van der Waals surface area contributed by atoms with Crippen molar-refractivity contribution in [1.29, 1.82) is 0 Å². The highest BCUT2D eigenvalue weighted by atomic mass is 79.9. The number of benzene rings is 2. The van der Waals surface area contributed by atoms with E-state index in [-0.39, 0.29) is 5.78 Å². The normalized spacial score (nSPS) is 8.86. The van der Waals surface area contributed by atoms with Gasteiger partial charge in [0.25, 0.3) is 0 Å². The number of hydrogen-bond donors (Lipinski definition) is 0. The Bertz CT molecular complexity index is 646. The number of rotatable bonds is 2. The van der Waals surface area contributed by atoms with Crippen molar-refractivity contribution in [3.63, 3.8) is 0 Å². The third kappa shape index (κ3) is 7.08. The van der Waals surface area contributed by atoms with Crippen LogP contribution in [-0.2, 0) is 0 Å². The second-order valence-corrected chi connectivity index (χ2v) is 6.90. The van der Waals surface area contributed by atoms with Crippen molar-refractivity contribution in [3.8, 4) is 12.3 Å². The van der Waals surface area contributed by atoms with E-state index in [0.717, 1.165) is 20.1 Å². The largest absolute Gasteiger partial charge is 0.295 e. The Balaban J connectivity index is 0.000000235. The quantitative estimate of drug-likeness (QED) is 0.466. The minimum Gasteiger partial charge on any atom is -0.295 e. The molecule has 0 radical (unpaired) electrons. The summed E-state index contributed by atoms with van der Waals surface area (Å²) in [6.45, 7) is 1.56. The van der Waals surface area contributed by atoms with Gasteiger partial charge in [-0.05, 0) is 62.6 Å². The minimum atomic E-state index is 0.0911. The summed E-state index contributed by atoms with van der Waals surface area (Å²) >= 11 is 6.54. The van der Waals surface area contributed by atoms with Gasteiger partial charge in [-0.15, -0.1) is 6.42 Å². The van der Waals surface area contributed by atoms with E-state index in [1.165, 1.54) is 0 Å². The number of carbonyl (C=O) groups is 1. The van der Waals surface area contributed by atoms with E-state index in [4.69, 9.17) is 6.42 Å². The molecule has 106 valence electrons. The summed E-state index contributed by atoms with van der Waals surface area (Å²) in [5.41, 5.74) is 2.73. The molecule has 0 amide bonds. The van der Waals surface area contributed by atoms with E-state index in [1.807, 2.05) is 60.7 Å². The Morgan fingerprint density at radius 1 is 1.05 bits per heavy atom. The molecular formula is C18H14Br2O. The molecule has 2 aromatic rings. The molecule has 0 saturated heterocycles. The number of halogens is 2. The van der Waals surface area contributed by atoms with Crippen LogP contribution >= 0.6 is 31.9 Å². The fourth-order valence-electron chi connectivity index (χ4n) is 1.47. The predicted molar refractivity (Wildman–Crippen MR) is 96.7 cm³/mol. The summed E-state index contributed by atoms with van der Waals surface area (Å²) in [5.74, 6) is 2.62. The molecule has 0 N–H and O–H groups in total. The first-order valence-corrected chi connectivity index (χ1v) is 7.77. The van der Waals surface area contributed by atoms with Crippen molar-refractivity contribution in [2.75, 3.05) is 0 Å². The Labute approximate surface area is 142 Å². The standard InChI is InChI=1S/C10H8Br2O.C8H6/c1-7(13)9-4-2-8(3-5-9)6-10(11)12;1-2-8-6-4-3-5-7-8/h2-6H,1H3;1,3-7H. The lowest BCUT2D eigenvalue weighted by Gasteiger charge is -1.96. The average molecular weight is 406 g/mol. The Kier molecular flexibility index (Phi) is 7.74. The molecule has 0 bridgehead atoms. The highest BCUT2D eigenvalue weighted by Crippen LogP contribution is 2.18. The van der Waals surface area contributed by atoms with E-state index in [1.54, 1.807) is 6.92 Å². The van der Waals surface area contributed by atoms with Gasteiger partial charge in [-0.25, -0.2) is 0 Å². The lowest BCUT2D eigenvalue weighted by Crippen LogP contribution is -1.90. The zero-order valence-electron chi connectivity index (χ0n) is 11.5. The van der Waals surface area contributed by atoms with Gasteiger partial charge < -0.3 is 0 Å². The Hall–Kier alpha value is -1.63. The van der Waals surface area contributed by atoms with Crippen molar-refractivity contribution in [2.45, 2.75) is 6.92 Å². The SMILES string of the molecule is C#Cc1ccccc1.CC(=O)c1ccc(C=C(Br)Br)cc1. The van der Waals surface area contributed by atoms with E-state index in [0.29, 0.717) is 0 Å². The molecule has 0 atom stereocenters. The van der Waals surface area contributed by atoms with E-state index in [2.05, 4.69) is 37.8 Å². The van der Waals surface area contributed by atoms with Gasteiger partial charge in [-0.2, -0.15) is 0 Å². The molecule has 0 aliphatic rings. The molecule has 0 aliphatic heterocycles. The minimum absolute atomic E-state index is 0.0911. The monoisotopic (exact) mass is 404 g/mol. The number of terminal acetylenes is 1. The van der Waals surface area contributed by atoms with Crippen LogP contribution in [0.1, 0.15) is 28.4 Å². The second-order valence-electron chi connectivity index (χ2n) is 4.12. The molecule has 0 heterocycles. The van der Waals surface area contributed by atoms with Gasteiger partial charge in [0.15, 0.2) is 5.78 Å². The molecular weight excluding hydrogens is 392 g/mol. The molecule has 0 aromatic heterocycles. The van der Waals surface area contributed by atoms with Crippen LogP contribution in [0.5, 0.6) is 0 Å². The highest BCUT2D eigenvalue weighted by molar-refractivity contribution is 9.28. The Morgan fingerprint density at radius 3 is 2.00 bits per heavy atom. The molecule has 1 nitrogen and oxygen atoms in total. The fourth-order valence-corrected chi connectivity index (χ4v) is 2.00. The lowest BCUT2D eigenvalue weighted by molar-refractivity contribution is 0.101. The Morgan fingerprint density at radius 2 is 1.62 bits per heavy atom. The van der Waals surface area contributed by atoms with Crippen LogP contribution in [0, 0.1) is 12.3 Å². The van der Waals surface area contributed by atoms with Crippen molar-refractivity contribution >= 4 is 43.7 Å². The van der Waals surface area contributed by atoms with Gasteiger partial charge in [0, 0.05) is 11.1 Å². The van der Waals surface area contributed by atoms with Crippen molar-refractivity contribution < 1.29 is 4.79 Å². The number of ketones is 1. The van der Waals surface area contributed by atoms with Crippen LogP contribution in [-0.4, -0.2) is 5.78 Å². The third-order valence-electron chi connectivity index (χ3n) is 2.53. The van der Waals surface area contributed by atoms with Crippen LogP contribution < -0.4 is 0 Å². The van der Waals surface area contributed by atoms with Gasteiger partial charge in [-0.3, -0.25) is 4.79 Å². The van der Waals surface area contributed by atoms with Crippen LogP contribution in [0.2, 0.25) is 0 Å². The first kappa shape index (κ1) is 17.4. The lowest BCUT2D eigenvalue weighted by atomic mass is 10.1. The van der Waals surface area contributed by atoms with Crippen molar-refractivity contribution in [1.82, 2.24) is 0 Å². The molecule has 2 aromatic carbocycles. The van der Waals surface area contributed by atoms with Gasteiger partial charge in [-0.1, -0.05) is 48.4 Å². The molecule has 0 unspecified atom stereocenters. The molecule has 0 fully saturated rings. The van der Waals surface area contributed by atoms with E-state index < -0.39 is 0 Å². The summed E-state index contributed by atoms with van der Waals surface area (Å²) in [5, 5.41) is 0. The molecule has 0 spiro atoms. The van der Waals surface area contributed by atoms with Crippen molar-refractivity contribution in [3.05, 3.63) is 74.7 Å². The van der Waals surface area contributed by atoms with Crippen LogP contribution in [0.4, 0.5) is 0 Å². The van der Waals surface area contributed by atoms with E-state index in [9.17, 15) is 4.79 Å². The second kappa shape index (κ2) is 9.33. The highest BCUT2D eigenvalue weighted by Gasteiger charge is 1.97. The first-order valence-electron chi connectivity index (χ1n) is 6.18. The summed E-state index contributed by atoms with van der Waals surface area (Å²) < 4.78 is 0.885. The molecule has 21 heavy (non-hydrogen) atoms. The topological polar surface area (TPSA) is 17.1 Å². The van der Waals surface area contributed by atoms with Crippen LogP contribution in [0.3, 0.4) is 0 Å². The summed E-state index contributed by atoms with van der Waals surface area (Å²) in [4.78, 5) is 10.9. The van der Waals surface area contributed by atoms with Crippen LogP contribution in [0.15, 0.2) is 58.0 Å².